The molecular weight excluding hydrogens is 342 g/mol. The van der Waals surface area contributed by atoms with Gasteiger partial charge in [0, 0.05) is 37.8 Å². The first kappa shape index (κ1) is 19.5. The number of rotatable bonds is 4. The molecule has 1 aromatic rings. The number of nitrogens with one attached hydrogen (secondary N) is 1. The lowest BCUT2D eigenvalue weighted by Crippen LogP contribution is -2.45. The normalized spacial score (nSPS) is 18.3. The maximum absolute atomic E-state index is 12.9. The smallest absolute Gasteiger partial charge is 0.317 e. The van der Waals surface area contributed by atoms with E-state index in [-0.39, 0.29) is 11.9 Å². The van der Waals surface area contributed by atoms with Crippen LogP contribution in [0.4, 0.5) is 4.79 Å². The van der Waals surface area contributed by atoms with Crippen molar-refractivity contribution in [2.24, 2.45) is 0 Å². The van der Waals surface area contributed by atoms with Crippen molar-refractivity contribution >= 4 is 11.9 Å². The third-order valence-corrected chi connectivity index (χ3v) is 5.47. The van der Waals surface area contributed by atoms with Crippen LogP contribution in [0.2, 0.25) is 0 Å². The molecule has 0 spiro atoms. The molecule has 1 aliphatic carbocycles. The van der Waals surface area contributed by atoms with Crippen molar-refractivity contribution in [1.82, 2.24) is 15.1 Å². The number of aryl methyl sites for hydroxylation is 1. The third kappa shape index (κ3) is 4.93. The van der Waals surface area contributed by atoms with Gasteiger partial charge in [0.15, 0.2) is 0 Å². The number of amides is 3. The van der Waals surface area contributed by atoms with E-state index in [1.165, 1.54) is 12.8 Å². The van der Waals surface area contributed by atoms with Crippen LogP contribution in [0.5, 0.6) is 5.75 Å². The van der Waals surface area contributed by atoms with Gasteiger partial charge in [-0.15, -0.1) is 0 Å². The summed E-state index contributed by atoms with van der Waals surface area (Å²) in [4.78, 5) is 29.1. The number of benzene rings is 1. The van der Waals surface area contributed by atoms with Gasteiger partial charge in [-0.05, 0) is 56.9 Å². The molecule has 1 N–H and O–H groups in total. The number of carbonyl (C=O) groups excluding carboxylic acids is 2. The maximum Gasteiger partial charge on any atom is 0.317 e. The molecule has 27 heavy (non-hydrogen) atoms. The molecule has 6 nitrogen and oxygen atoms in total. The van der Waals surface area contributed by atoms with Gasteiger partial charge < -0.3 is 19.9 Å². The molecule has 2 aliphatic rings. The van der Waals surface area contributed by atoms with Gasteiger partial charge in [-0.1, -0.05) is 12.8 Å². The largest absolute Gasteiger partial charge is 0.494 e. The monoisotopic (exact) mass is 373 g/mol. The van der Waals surface area contributed by atoms with E-state index >= 15 is 0 Å². The zero-order valence-electron chi connectivity index (χ0n) is 16.5. The SMILES string of the molecule is CCOc1ccc(C(=O)N2CCCN(C(=O)NC3CCCC3)CC2)cc1C. The lowest BCUT2D eigenvalue weighted by atomic mass is 10.1. The van der Waals surface area contributed by atoms with Crippen LogP contribution < -0.4 is 10.1 Å². The fraction of sp³-hybridized carbons (Fsp3) is 0.619. The van der Waals surface area contributed by atoms with Crippen molar-refractivity contribution in [3.63, 3.8) is 0 Å². The fourth-order valence-electron chi connectivity index (χ4n) is 3.94. The highest BCUT2D eigenvalue weighted by atomic mass is 16.5. The van der Waals surface area contributed by atoms with Crippen LogP contribution in [0.15, 0.2) is 18.2 Å². The van der Waals surface area contributed by atoms with Gasteiger partial charge in [0.2, 0.25) is 0 Å². The van der Waals surface area contributed by atoms with E-state index in [0.717, 1.165) is 30.6 Å². The van der Waals surface area contributed by atoms with Crippen LogP contribution in [0.3, 0.4) is 0 Å². The van der Waals surface area contributed by atoms with E-state index in [1.54, 1.807) is 0 Å². The first-order chi connectivity index (χ1) is 13.1. The highest BCUT2D eigenvalue weighted by Crippen LogP contribution is 2.21. The molecular formula is C21H31N3O3. The van der Waals surface area contributed by atoms with Gasteiger partial charge in [-0.3, -0.25) is 4.79 Å². The summed E-state index contributed by atoms with van der Waals surface area (Å²) in [6.45, 7) is 7.05. The summed E-state index contributed by atoms with van der Waals surface area (Å²) in [6.07, 6.45) is 5.38. The standard InChI is InChI=1S/C21H31N3O3/c1-3-27-19-10-9-17(15-16(19)2)20(25)23-11-6-12-24(14-13-23)21(26)22-18-7-4-5-8-18/h9-10,15,18H,3-8,11-14H2,1-2H3,(H,22,26). The van der Waals surface area contributed by atoms with Gasteiger partial charge in [0.1, 0.15) is 5.75 Å². The molecule has 3 amide bonds. The molecule has 2 fully saturated rings. The van der Waals surface area contributed by atoms with Crippen LogP contribution in [0, 0.1) is 6.92 Å². The fourth-order valence-corrected chi connectivity index (χ4v) is 3.94. The Bertz CT molecular complexity index is 671. The van der Waals surface area contributed by atoms with Crippen molar-refractivity contribution in [3.8, 4) is 5.75 Å². The Labute approximate surface area is 161 Å². The summed E-state index contributed by atoms with van der Waals surface area (Å²) in [7, 11) is 0. The minimum absolute atomic E-state index is 0.0214. The third-order valence-electron chi connectivity index (χ3n) is 5.47. The number of urea groups is 1. The van der Waals surface area contributed by atoms with E-state index in [2.05, 4.69) is 5.32 Å². The highest BCUT2D eigenvalue weighted by Gasteiger charge is 2.25. The van der Waals surface area contributed by atoms with Crippen LogP contribution in [-0.2, 0) is 0 Å². The first-order valence-electron chi connectivity index (χ1n) is 10.2. The summed E-state index contributed by atoms with van der Waals surface area (Å²) < 4.78 is 5.56. The van der Waals surface area contributed by atoms with E-state index in [1.807, 2.05) is 41.8 Å². The summed E-state index contributed by atoms with van der Waals surface area (Å²) in [5.41, 5.74) is 1.65. The number of ether oxygens (including phenoxy) is 1. The van der Waals surface area contributed by atoms with Crippen LogP contribution in [0.1, 0.15) is 54.9 Å². The Balaban J connectivity index is 1.57. The molecule has 1 saturated carbocycles. The molecule has 3 rings (SSSR count). The van der Waals surface area contributed by atoms with Crippen molar-refractivity contribution in [2.45, 2.75) is 52.0 Å². The predicted octanol–water partition coefficient (Wildman–Crippen LogP) is 3.19. The topological polar surface area (TPSA) is 61.9 Å². The molecule has 0 radical (unpaired) electrons. The number of nitrogens with zero attached hydrogens (tertiary/aromatic N) is 2. The van der Waals surface area contributed by atoms with Crippen molar-refractivity contribution < 1.29 is 14.3 Å². The van der Waals surface area contributed by atoms with Gasteiger partial charge in [-0.25, -0.2) is 4.79 Å². The Kier molecular flexibility index (Phi) is 6.58. The minimum atomic E-state index is 0.0214. The Morgan fingerprint density at radius 1 is 1.07 bits per heavy atom. The summed E-state index contributed by atoms with van der Waals surface area (Å²) >= 11 is 0. The molecule has 0 unspecified atom stereocenters. The molecule has 0 bridgehead atoms. The lowest BCUT2D eigenvalue weighted by Gasteiger charge is -2.24. The second kappa shape index (κ2) is 9.11. The molecule has 148 valence electrons. The summed E-state index contributed by atoms with van der Waals surface area (Å²) in [6, 6.07) is 5.93. The number of carbonyl (C=O) groups is 2. The van der Waals surface area contributed by atoms with E-state index in [9.17, 15) is 9.59 Å². The number of hydrogen-bond acceptors (Lipinski definition) is 3. The van der Waals surface area contributed by atoms with Gasteiger partial charge >= 0.3 is 6.03 Å². The van der Waals surface area contributed by atoms with Crippen LogP contribution >= 0.6 is 0 Å². The minimum Gasteiger partial charge on any atom is -0.494 e. The Morgan fingerprint density at radius 3 is 2.48 bits per heavy atom. The summed E-state index contributed by atoms with van der Waals surface area (Å²) in [5.74, 6) is 0.846. The Morgan fingerprint density at radius 2 is 1.78 bits per heavy atom. The lowest BCUT2D eigenvalue weighted by molar-refractivity contribution is 0.0762. The highest BCUT2D eigenvalue weighted by molar-refractivity contribution is 5.94. The zero-order valence-corrected chi connectivity index (χ0v) is 16.5. The van der Waals surface area contributed by atoms with Gasteiger partial charge in [0.05, 0.1) is 6.61 Å². The summed E-state index contributed by atoms with van der Waals surface area (Å²) in [5, 5.41) is 3.15. The second-order valence-electron chi connectivity index (χ2n) is 7.48. The van der Waals surface area contributed by atoms with Gasteiger partial charge in [-0.2, -0.15) is 0 Å². The average molecular weight is 373 g/mol. The van der Waals surface area contributed by atoms with Crippen LogP contribution in [0.25, 0.3) is 0 Å². The maximum atomic E-state index is 12.9. The van der Waals surface area contributed by atoms with Gasteiger partial charge in [0.25, 0.3) is 5.91 Å². The van der Waals surface area contributed by atoms with Crippen molar-refractivity contribution in [1.29, 1.82) is 0 Å². The second-order valence-corrected chi connectivity index (χ2v) is 7.48. The molecule has 0 atom stereocenters. The predicted molar refractivity (Wildman–Crippen MR) is 105 cm³/mol. The zero-order chi connectivity index (χ0) is 19.2. The van der Waals surface area contributed by atoms with E-state index < -0.39 is 0 Å². The first-order valence-corrected chi connectivity index (χ1v) is 10.2. The molecule has 1 aliphatic heterocycles. The molecule has 1 saturated heterocycles. The molecule has 1 heterocycles. The average Bonchev–Trinajstić information content (AvgIpc) is 3.04. The van der Waals surface area contributed by atoms with E-state index in [4.69, 9.17) is 4.74 Å². The van der Waals surface area contributed by atoms with Crippen molar-refractivity contribution in [2.75, 3.05) is 32.8 Å². The van der Waals surface area contributed by atoms with E-state index in [0.29, 0.717) is 44.4 Å². The Hall–Kier alpha value is -2.24. The number of hydrogen-bond donors (Lipinski definition) is 1. The molecule has 0 aromatic heterocycles. The van der Waals surface area contributed by atoms with Crippen LogP contribution in [-0.4, -0.2) is 60.6 Å². The molecule has 6 heteroatoms. The van der Waals surface area contributed by atoms with Crippen molar-refractivity contribution in [3.05, 3.63) is 29.3 Å². The molecule has 1 aromatic carbocycles. The quantitative estimate of drug-likeness (QED) is 0.882.